The average molecular weight is 371 g/mol. The van der Waals surface area contributed by atoms with Crippen LogP contribution in [0.4, 0.5) is 4.39 Å². The minimum absolute atomic E-state index is 0.0829. The molecule has 1 aliphatic heterocycles. The minimum atomic E-state index is -0.350. The number of carbonyl (C=O) groups excluding carboxylic acids is 2. The number of Topliss-reactive ketones (excluding diaryl/α,β-unsaturated/α-hetero) is 1. The van der Waals surface area contributed by atoms with Crippen LogP contribution >= 0.6 is 0 Å². The van der Waals surface area contributed by atoms with E-state index >= 15 is 0 Å². The molecular weight excluding hydrogens is 349 g/mol. The smallest absolute Gasteiger partial charge is 0.260 e. The molecule has 5 nitrogen and oxygen atoms in total. The molecule has 1 fully saturated rings. The zero-order valence-corrected chi connectivity index (χ0v) is 15.2. The molecule has 2 aromatic rings. The van der Waals surface area contributed by atoms with Crippen LogP contribution < -0.4 is 9.47 Å². The number of ketones is 1. The number of hydrogen-bond acceptors (Lipinski definition) is 4. The first kappa shape index (κ1) is 18.9. The summed E-state index contributed by atoms with van der Waals surface area (Å²) in [5.41, 5.74) is 0.667. The first-order valence-corrected chi connectivity index (χ1v) is 8.91. The average Bonchev–Trinajstić information content (AvgIpc) is 2.73. The summed E-state index contributed by atoms with van der Waals surface area (Å²) < 4.78 is 23.4. The second-order valence-electron chi connectivity index (χ2n) is 6.49. The predicted octanol–water partition coefficient (Wildman–Crippen LogP) is 3.33. The van der Waals surface area contributed by atoms with Crippen LogP contribution in [0.5, 0.6) is 11.5 Å². The standard InChI is InChI=1S/C21H22FNO4/c1-26-18-6-2-15(3-7-18)21(25)16-10-12-23(13-11-16)20(24)14-27-19-8-4-17(22)5-9-19/h2-9,16H,10-14H2,1H3. The monoisotopic (exact) mass is 371 g/mol. The fraction of sp³-hybridized carbons (Fsp3) is 0.333. The molecule has 0 unspecified atom stereocenters. The minimum Gasteiger partial charge on any atom is -0.497 e. The molecule has 0 saturated carbocycles. The van der Waals surface area contributed by atoms with E-state index in [2.05, 4.69) is 0 Å². The molecule has 6 heteroatoms. The Kier molecular flexibility index (Phi) is 6.06. The highest BCUT2D eigenvalue weighted by Gasteiger charge is 2.28. The largest absolute Gasteiger partial charge is 0.497 e. The van der Waals surface area contributed by atoms with Crippen LogP contribution in [0.25, 0.3) is 0 Å². The van der Waals surface area contributed by atoms with Crippen molar-refractivity contribution < 1.29 is 23.5 Å². The predicted molar refractivity (Wildman–Crippen MR) is 98.5 cm³/mol. The van der Waals surface area contributed by atoms with Crippen molar-refractivity contribution in [2.75, 3.05) is 26.8 Å². The summed E-state index contributed by atoms with van der Waals surface area (Å²) >= 11 is 0. The third-order valence-electron chi connectivity index (χ3n) is 4.77. The van der Waals surface area contributed by atoms with E-state index in [1.807, 2.05) is 0 Å². The molecule has 2 aromatic carbocycles. The molecule has 0 aliphatic carbocycles. The number of halogens is 1. The van der Waals surface area contributed by atoms with Gasteiger partial charge in [0.2, 0.25) is 0 Å². The third-order valence-corrected chi connectivity index (χ3v) is 4.77. The number of rotatable bonds is 6. The van der Waals surface area contributed by atoms with Crippen LogP contribution in [-0.2, 0) is 4.79 Å². The Balaban J connectivity index is 1.48. The van der Waals surface area contributed by atoms with E-state index in [4.69, 9.17) is 9.47 Å². The van der Waals surface area contributed by atoms with Crippen LogP contribution in [0.2, 0.25) is 0 Å². The Labute approximate surface area is 157 Å². The second kappa shape index (κ2) is 8.66. The number of benzene rings is 2. The summed E-state index contributed by atoms with van der Waals surface area (Å²) in [4.78, 5) is 26.6. The van der Waals surface area contributed by atoms with Gasteiger partial charge in [-0.05, 0) is 61.4 Å². The SMILES string of the molecule is COc1ccc(C(=O)C2CCN(C(=O)COc3ccc(F)cc3)CC2)cc1. The topological polar surface area (TPSA) is 55.8 Å². The van der Waals surface area contributed by atoms with Crippen LogP contribution in [0, 0.1) is 11.7 Å². The Morgan fingerprint density at radius 1 is 1.00 bits per heavy atom. The van der Waals surface area contributed by atoms with Crippen LogP contribution in [-0.4, -0.2) is 43.4 Å². The van der Waals surface area contributed by atoms with Crippen molar-refractivity contribution in [3.8, 4) is 11.5 Å². The summed E-state index contributed by atoms with van der Waals surface area (Å²) in [6.45, 7) is 0.957. The van der Waals surface area contributed by atoms with Crippen molar-refractivity contribution in [1.82, 2.24) is 4.90 Å². The van der Waals surface area contributed by atoms with E-state index in [1.165, 1.54) is 24.3 Å². The van der Waals surface area contributed by atoms with Gasteiger partial charge in [-0.2, -0.15) is 0 Å². The molecule has 1 heterocycles. The van der Waals surface area contributed by atoms with Crippen LogP contribution in [0.3, 0.4) is 0 Å². The number of hydrogen-bond donors (Lipinski definition) is 0. The lowest BCUT2D eigenvalue weighted by molar-refractivity contribution is -0.134. The van der Waals surface area contributed by atoms with Crippen molar-refractivity contribution in [2.45, 2.75) is 12.8 Å². The summed E-state index contributed by atoms with van der Waals surface area (Å²) in [6.07, 6.45) is 1.26. The zero-order chi connectivity index (χ0) is 19.2. The van der Waals surface area contributed by atoms with Gasteiger partial charge in [-0.1, -0.05) is 0 Å². The summed E-state index contributed by atoms with van der Waals surface area (Å²) in [5.74, 6) is 0.710. The maximum Gasteiger partial charge on any atom is 0.260 e. The highest BCUT2D eigenvalue weighted by molar-refractivity contribution is 5.98. The first-order valence-electron chi connectivity index (χ1n) is 8.91. The van der Waals surface area contributed by atoms with Gasteiger partial charge in [-0.15, -0.1) is 0 Å². The number of piperidine rings is 1. The molecule has 3 rings (SSSR count). The molecule has 0 radical (unpaired) electrons. The van der Waals surface area contributed by atoms with Gasteiger partial charge in [0.15, 0.2) is 12.4 Å². The van der Waals surface area contributed by atoms with Crippen molar-refractivity contribution in [3.05, 3.63) is 59.9 Å². The van der Waals surface area contributed by atoms with Crippen molar-refractivity contribution >= 4 is 11.7 Å². The number of ether oxygens (including phenoxy) is 2. The van der Waals surface area contributed by atoms with E-state index in [9.17, 15) is 14.0 Å². The van der Waals surface area contributed by atoms with Gasteiger partial charge in [0.05, 0.1) is 7.11 Å². The molecule has 0 bridgehead atoms. The molecule has 1 amide bonds. The number of nitrogens with zero attached hydrogens (tertiary/aromatic N) is 1. The number of carbonyl (C=O) groups is 2. The summed E-state index contributed by atoms with van der Waals surface area (Å²) in [5, 5.41) is 0. The summed E-state index contributed by atoms with van der Waals surface area (Å²) in [7, 11) is 1.59. The van der Waals surface area contributed by atoms with E-state index < -0.39 is 0 Å². The Morgan fingerprint density at radius 2 is 1.59 bits per heavy atom. The Morgan fingerprint density at radius 3 is 2.19 bits per heavy atom. The van der Waals surface area contributed by atoms with Gasteiger partial charge in [0.25, 0.3) is 5.91 Å². The maximum atomic E-state index is 12.9. The second-order valence-corrected chi connectivity index (χ2v) is 6.49. The Bertz CT molecular complexity index is 781. The number of likely N-dealkylation sites (tertiary alicyclic amines) is 1. The van der Waals surface area contributed by atoms with E-state index in [0.29, 0.717) is 43.0 Å². The van der Waals surface area contributed by atoms with Gasteiger partial charge in [0, 0.05) is 24.6 Å². The zero-order valence-electron chi connectivity index (χ0n) is 15.2. The highest BCUT2D eigenvalue weighted by Crippen LogP contribution is 2.23. The van der Waals surface area contributed by atoms with Gasteiger partial charge < -0.3 is 14.4 Å². The lowest BCUT2D eigenvalue weighted by Gasteiger charge is -2.31. The van der Waals surface area contributed by atoms with E-state index in [1.54, 1.807) is 36.3 Å². The quantitative estimate of drug-likeness (QED) is 0.731. The fourth-order valence-corrected chi connectivity index (χ4v) is 3.15. The summed E-state index contributed by atoms with van der Waals surface area (Å²) in [6, 6.07) is 12.7. The molecule has 27 heavy (non-hydrogen) atoms. The normalized spacial score (nSPS) is 14.7. The number of methoxy groups -OCH3 is 1. The highest BCUT2D eigenvalue weighted by atomic mass is 19.1. The maximum absolute atomic E-state index is 12.9. The van der Waals surface area contributed by atoms with E-state index in [-0.39, 0.29) is 30.0 Å². The molecule has 0 aromatic heterocycles. The van der Waals surface area contributed by atoms with Crippen molar-refractivity contribution in [1.29, 1.82) is 0 Å². The molecule has 0 atom stereocenters. The lowest BCUT2D eigenvalue weighted by atomic mass is 9.89. The molecule has 0 N–H and O–H groups in total. The van der Waals surface area contributed by atoms with Crippen molar-refractivity contribution in [3.63, 3.8) is 0 Å². The van der Waals surface area contributed by atoms with Gasteiger partial charge in [0.1, 0.15) is 17.3 Å². The number of amides is 1. The first-order chi connectivity index (χ1) is 13.1. The van der Waals surface area contributed by atoms with Crippen LogP contribution in [0.15, 0.2) is 48.5 Å². The van der Waals surface area contributed by atoms with E-state index in [0.717, 1.165) is 0 Å². The third kappa shape index (κ3) is 4.84. The Hall–Kier alpha value is -2.89. The molecule has 1 saturated heterocycles. The van der Waals surface area contributed by atoms with Gasteiger partial charge in [-0.25, -0.2) is 4.39 Å². The lowest BCUT2D eigenvalue weighted by Crippen LogP contribution is -2.42. The molecular formula is C21H22FNO4. The van der Waals surface area contributed by atoms with Gasteiger partial charge in [-0.3, -0.25) is 9.59 Å². The van der Waals surface area contributed by atoms with Crippen LogP contribution in [0.1, 0.15) is 23.2 Å². The fourth-order valence-electron chi connectivity index (χ4n) is 3.15. The molecule has 0 spiro atoms. The molecule has 142 valence electrons. The van der Waals surface area contributed by atoms with Crippen molar-refractivity contribution in [2.24, 2.45) is 5.92 Å². The molecule has 1 aliphatic rings. The van der Waals surface area contributed by atoms with Gasteiger partial charge >= 0.3 is 0 Å².